The number of hydrogen-bond donors (Lipinski definition) is 3. The first kappa shape index (κ1) is 13.3. The third-order valence-corrected chi connectivity index (χ3v) is 5.17. The van der Waals surface area contributed by atoms with Crippen LogP contribution in [0.15, 0.2) is 18.3 Å². The highest BCUT2D eigenvalue weighted by Crippen LogP contribution is 2.42. The first-order valence-electron chi connectivity index (χ1n) is 8.36. The van der Waals surface area contributed by atoms with Crippen LogP contribution >= 0.6 is 0 Å². The van der Waals surface area contributed by atoms with E-state index in [4.69, 9.17) is 5.73 Å². The molecule has 0 aromatic carbocycles. The fraction of sp³-hybridized carbons (Fsp3) is 0.562. The number of aromatic nitrogens is 4. The minimum atomic E-state index is -0.0307. The SMILES string of the molecule is NC12CC(CN(c3nccc(Nc4cc(C5CC5)[nH]n4)n3)C1)C2. The molecule has 2 aliphatic carbocycles. The van der Waals surface area contributed by atoms with Crippen LogP contribution in [0.5, 0.6) is 0 Å². The first-order chi connectivity index (χ1) is 11.2. The molecule has 0 radical (unpaired) electrons. The molecule has 2 aromatic rings. The van der Waals surface area contributed by atoms with E-state index in [-0.39, 0.29) is 5.54 Å². The Hall–Kier alpha value is -2.15. The number of H-pyrrole nitrogens is 1. The molecule has 7 heteroatoms. The van der Waals surface area contributed by atoms with E-state index in [0.29, 0.717) is 11.8 Å². The minimum absolute atomic E-state index is 0.0307. The van der Waals surface area contributed by atoms with E-state index in [1.807, 2.05) is 6.07 Å². The summed E-state index contributed by atoms with van der Waals surface area (Å²) in [5.74, 6) is 3.70. The van der Waals surface area contributed by atoms with Crippen LogP contribution in [-0.2, 0) is 0 Å². The molecule has 0 unspecified atom stereocenters. The number of aromatic amines is 1. The van der Waals surface area contributed by atoms with E-state index >= 15 is 0 Å². The van der Waals surface area contributed by atoms with Gasteiger partial charge in [-0.3, -0.25) is 5.10 Å². The van der Waals surface area contributed by atoms with Crippen LogP contribution in [0.1, 0.15) is 37.3 Å². The Morgan fingerprint density at radius 1 is 1.30 bits per heavy atom. The summed E-state index contributed by atoms with van der Waals surface area (Å²) in [6.45, 7) is 1.86. The molecule has 4 N–H and O–H groups in total. The van der Waals surface area contributed by atoms with E-state index in [2.05, 4.69) is 36.4 Å². The zero-order chi connectivity index (χ0) is 15.4. The number of anilines is 3. The summed E-state index contributed by atoms with van der Waals surface area (Å²) in [6, 6.07) is 3.95. The molecule has 0 atom stereocenters. The molecule has 2 aromatic heterocycles. The second-order valence-electron chi connectivity index (χ2n) is 7.37. The van der Waals surface area contributed by atoms with Crippen LogP contribution in [0, 0.1) is 5.92 Å². The van der Waals surface area contributed by atoms with E-state index < -0.39 is 0 Å². The highest BCUT2D eigenvalue weighted by atomic mass is 15.3. The van der Waals surface area contributed by atoms with Crippen LogP contribution in [0.4, 0.5) is 17.6 Å². The van der Waals surface area contributed by atoms with Crippen molar-refractivity contribution in [1.82, 2.24) is 20.2 Å². The number of fused-ring (bicyclic) bond motifs is 2. The lowest BCUT2D eigenvalue weighted by Crippen LogP contribution is -2.66. The van der Waals surface area contributed by atoms with Crippen LogP contribution < -0.4 is 16.0 Å². The van der Waals surface area contributed by atoms with Gasteiger partial charge in [0.2, 0.25) is 5.95 Å². The van der Waals surface area contributed by atoms with Gasteiger partial charge in [-0.2, -0.15) is 10.1 Å². The van der Waals surface area contributed by atoms with Gasteiger partial charge in [-0.1, -0.05) is 0 Å². The third kappa shape index (κ3) is 2.45. The average molecular weight is 311 g/mol. The molecule has 0 spiro atoms. The molecular weight excluding hydrogens is 290 g/mol. The molecule has 0 amide bonds. The molecule has 4 fully saturated rings. The maximum atomic E-state index is 6.34. The lowest BCUT2D eigenvalue weighted by atomic mass is 9.65. The summed E-state index contributed by atoms with van der Waals surface area (Å²) in [7, 11) is 0. The third-order valence-electron chi connectivity index (χ3n) is 5.17. The van der Waals surface area contributed by atoms with Crippen molar-refractivity contribution >= 4 is 17.6 Å². The normalized spacial score (nSPS) is 29.3. The quantitative estimate of drug-likeness (QED) is 0.796. The molecule has 120 valence electrons. The lowest BCUT2D eigenvalue weighted by Gasteiger charge is -2.54. The standard InChI is InChI=1S/C16H21N7/c17-16-6-10(7-16)8-23(9-16)15-18-4-3-13(20-15)19-14-5-12(21-22-14)11-1-2-11/h3-5,10-11H,1-2,6-9,17H2,(H2,18,19,20,21,22). The predicted molar refractivity (Wildman–Crippen MR) is 87.7 cm³/mol. The average Bonchev–Trinajstić information content (AvgIpc) is 3.27. The van der Waals surface area contributed by atoms with Gasteiger partial charge in [0, 0.05) is 42.5 Å². The summed E-state index contributed by atoms with van der Waals surface area (Å²) in [5, 5.41) is 10.7. The Balaban J connectivity index is 1.33. The Bertz CT molecular complexity index is 730. The topological polar surface area (TPSA) is 95.8 Å². The number of nitrogens with one attached hydrogen (secondary N) is 2. The van der Waals surface area contributed by atoms with Crippen molar-refractivity contribution < 1.29 is 0 Å². The van der Waals surface area contributed by atoms with Gasteiger partial charge < -0.3 is 16.0 Å². The van der Waals surface area contributed by atoms with Crippen molar-refractivity contribution in [3.8, 4) is 0 Å². The second-order valence-corrected chi connectivity index (χ2v) is 7.37. The van der Waals surface area contributed by atoms with Gasteiger partial charge in [0.1, 0.15) is 5.82 Å². The summed E-state index contributed by atoms with van der Waals surface area (Å²) < 4.78 is 0. The Morgan fingerprint density at radius 2 is 2.17 bits per heavy atom. The van der Waals surface area contributed by atoms with E-state index in [9.17, 15) is 0 Å². The smallest absolute Gasteiger partial charge is 0.227 e. The summed E-state index contributed by atoms with van der Waals surface area (Å²) in [6.07, 6.45) is 6.59. The van der Waals surface area contributed by atoms with Crippen LogP contribution in [0.3, 0.4) is 0 Å². The maximum Gasteiger partial charge on any atom is 0.227 e. The number of hydrogen-bond acceptors (Lipinski definition) is 6. The molecule has 23 heavy (non-hydrogen) atoms. The van der Waals surface area contributed by atoms with Crippen LogP contribution in [0.25, 0.3) is 0 Å². The molecule has 2 saturated carbocycles. The van der Waals surface area contributed by atoms with Gasteiger partial charge in [-0.05, 0) is 37.7 Å². The largest absolute Gasteiger partial charge is 0.339 e. The van der Waals surface area contributed by atoms with E-state index in [1.54, 1.807) is 6.20 Å². The van der Waals surface area contributed by atoms with Crippen molar-refractivity contribution in [3.05, 3.63) is 24.0 Å². The van der Waals surface area contributed by atoms with Gasteiger partial charge in [-0.15, -0.1) is 0 Å². The fourth-order valence-electron chi connectivity index (χ4n) is 3.96. The van der Waals surface area contributed by atoms with Crippen molar-refractivity contribution in [2.24, 2.45) is 11.7 Å². The number of nitrogens with two attached hydrogens (primary N) is 1. The van der Waals surface area contributed by atoms with Crippen LogP contribution in [0.2, 0.25) is 0 Å². The van der Waals surface area contributed by atoms with Gasteiger partial charge in [-0.25, -0.2) is 4.98 Å². The number of nitrogens with zero attached hydrogens (tertiary/aromatic N) is 4. The lowest BCUT2D eigenvalue weighted by molar-refractivity contribution is 0.117. The highest BCUT2D eigenvalue weighted by Gasteiger charge is 2.47. The monoisotopic (exact) mass is 311 g/mol. The number of rotatable bonds is 4. The Labute approximate surface area is 134 Å². The zero-order valence-electron chi connectivity index (χ0n) is 13.0. The second kappa shape index (κ2) is 4.67. The molecule has 2 aliphatic heterocycles. The maximum absolute atomic E-state index is 6.34. The fourth-order valence-corrected chi connectivity index (χ4v) is 3.96. The van der Waals surface area contributed by atoms with Crippen molar-refractivity contribution in [2.75, 3.05) is 23.3 Å². The number of piperidine rings is 2. The zero-order valence-corrected chi connectivity index (χ0v) is 13.0. The van der Waals surface area contributed by atoms with Crippen molar-refractivity contribution in [3.63, 3.8) is 0 Å². The summed E-state index contributed by atoms with van der Waals surface area (Å²) in [4.78, 5) is 11.3. The van der Waals surface area contributed by atoms with E-state index in [1.165, 1.54) is 18.5 Å². The Kier molecular flexibility index (Phi) is 2.70. The van der Waals surface area contributed by atoms with Gasteiger partial charge >= 0.3 is 0 Å². The predicted octanol–water partition coefficient (Wildman–Crippen LogP) is 1.75. The molecule has 7 nitrogen and oxygen atoms in total. The first-order valence-corrected chi connectivity index (χ1v) is 8.36. The molecule has 2 bridgehead atoms. The van der Waals surface area contributed by atoms with E-state index in [0.717, 1.165) is 43.5 Å². The van der Waals surface area contributed by atoms with Gasteiger partial charge in [0.15, 0.2) is 5.82 Å². The van der Waals surface area contributed by atoms with Gasteiger partial charge in [0.05, 0.1) is 0 Å². The molecule has 4 heterocycles. The molecule has 6 rings (SSSR count). The van der Waals surface area contributed by atoms with Crippen molar-refractivity contribution in [1.29, 1.82) is 0 Å². The summed E-state index contributed by atoms with van der Waals surface area (Å²) >= 11 is 0. The molecular formula is C16H21N7. The summed E-state index contributed by atoms with van der Waals surface area (Å²) in [5.41, 5.74) is 7.52. The van der Waals surface area contributed by atoms with Crippen molar-refractivity contribution in [2.45, 2.75) is 37.1 Å². The molecule has 2 saturated heterocycles. The minimum Gasteiger partial charge on any atom is -0.339 e. The van der Waals surface area contributed by atoms with Crippen LogP contribution in [-0.4, -0.2) is 38.8 Å². The highest BCUT2D eigenvalue weighted by molar-refractivity contribution is 5.54. The molecule has 4 aliphatic rings. The Morgan fingerprint density at radius 3 is 2.96 bits per heavy atom. The van der Waals surface area contributed by atoms with Gasteiger partial charge in [0.25, 0.3) is 0 Å².